The number of rotatable bonds is 9. The maximum atomic E-state index is 5.53. The summed E-state index contributed by atoms with van der Waals surface area (Å²) in [7, 11) is 0. The molecule has 13 heavy (non-hydrogen) atoms. The van der Waals surface area contributed by atoms with Gasteiger partial charge in [0.1, 0.15) is 0 Å². The maximum absolute atomic E-state index is 5.53. The highest BCUT2D eigenvalue weighted by Gasteiger charge is 2.06. The molecule has 0 aliphatic heterocycles. The summed E-state index contributed by atoms with van der Waals surface area (Å²) in [5.41, 5.74) is 0. The van der Waals surface area contributed by atoms with Gasteiger partial charge in [-0.2, -0.15) is 0 Å². The summed E-state index contributed by atoms with van der Waals surface area (Å²) in [6.45, 7) is 9.45. The number of allylic oxidation sites excluding steroid dienone is 1. The van der Waals surface area contributed by atoms with Crippen LogP contribution in [0.5, 0.6) is 0 Å². The molecule has 0 aliphatic rings. The van der Waals surface area contributed by atoms with Crippen molar-refractivity contribution in [2.24, 2.45) is 0 Å². The average molecular weight is 186 g/mol. The lowest BCUT2D eigenvalue weighted by Crippen LogP contribution is -2.18. The molecule has 0 spiro atoms. The van der Waals surface area contributed by atoms with E-state index in [1.165, 1.54) is 0 Å². The highest BCUT2D eigenvalue weighted by atomic mass is 16.7. The second-order valence-corrected chi connectivity index (χ2v) is 3.04. The molecule has 78 valence electrons. The molecule has 0 amide bonds. The van der Waals surface area contributed by atoms with E-state index in [1.54, 1.807) is 0 Å². The summed E-state index contributed by atoms with van der Waals surface area (Å²) in [5.74, 6) is 0. The Morgan fingerprint density at radius 1 is 1.15 bits per heavy atom. The SMILES string of the molecule is C=CCCC(OCCC)OCCC. The van der Waals surface area contributed by atoms with Crippen molar-refractivity contribution in [3.63, 3.8) is 0 Å². The molecule has 0 rings (SSSR count). The van der Waals surface area contributed by atoms with Gasteiger partial charge in [-0.15, -0.1) is 6.58 Å². The van der Waals surface area contributed by atoms with E-state index in [2.05, 4.69) is 20.4 Å². The fraction of sp³-hybridized carbons (Fsp3) is 0.818. The Labute approximate surface area is 81.9 Å². The van der Waals surface area contributed by atoms with Crippen LogP contribution in [0.15, 0.2) is 12.7 Å². The Kier molecular flexibility index (Phi) is 9.49. The van der Waals surface area contributed by atoms with Crippen LogP contribution in [0.3, 0.4) is 0 Å². The van der Waals surface area contributed by atoms with Crippen LogP contribution in [0.4, 0.5) is 0 Å². The molecule has 0 aromatic rings. The van der Waals surface area contributed by atoms with Crippen molar-refractivity contribution in [3.8, 4) is 0 Å². The monoisotopic (exact) mass is 186 g/mol. The minimum absolute atomic E-state index is 0.0297. The van der Waals surface area contributed by atoms with E-state index >= 15 is 0 Å². The fourth-order valence-corrected chi connectivity index (χ4v) is 0.967. The second kappa shape index (κ2) is 9.75. The lowest BCUT2D eigenvalue weighted by Gasteiger charge is -2.17. The minimum atomic E-state index is -0.0297. The molecule has 0 N–H and O–H groups in total. The predicted molar refractivity (Wildman–Crippen MR) is 55.7 cm³/mol. The molecule has 0 aromatic carbocycles. The van der Waals surface area contributed by atoms with Gasteiger partial charge in [0.05, 0.1) is 0 Å². The Balaban J connectivity index is 3.52. The van der Waals surface area contributed by atoms with Crippen LogP contribution in [-0.4, -0.2) is 19.5 Å². The molecule has 0 atom stereocenters. The minimum Gasteiger partial charge on any atom is -0.353 e. The first-order chi connectivity index (χ1) is 6.35. The van der Waals surface area contributed by atoms with Crippen LogP contribution < -0.4 is 0 Å². The van der Waals surface area contributed by atoms with Gasteiger partial charge in [-0.25, -0.2) is 0 Å². The van der Waals surface area contributed by atoms with Crippen LogP contribution in [0, 0.1) is 0 Å². The summed E-state index contributed by atoms with van der Waals surface area (Å²) in [5, 5.41) is 0. The molecule has 0 heterocycles. The van der Waals surface area contributed by atoms with E-state index in [0.29, 0.717) is 0 Å². The molecule has 0 fully saturated rings. The first-order valence-corrected chi connectivity index (χ1v) is 5.19. The molecule has 2 nitrogen and oxygen atoms in total. The number of ether oxygens (including phenoxy) is 2. The summed E-state index contributed by atoms with van der Waals surface area (Å²) in [6.07, 6.45) is 5.83. The normalized spacial score (nSPS) is 10.7. The quantitative estimate of drug-likeness (QED) is 0.407. The third kappa shape index (κ3) is 8.00. The second-order valence-electron chi connectivity index (χ2n) is 3.04. The van der Waals surface area contributed by atoms with E-state index < -0.39 is 0 Å². The van der Waals surface area contributed by atoms with Crippen LogP contribution in [0.2, 0.25) is 0 Å². The Hall–Kier alpha value is -0.340. The molecule has 0 unspecified atom stereocenters. The molecule has 0 radical (unpaired) electrons. The molecule has 0 aliphatic carbocycles. The lowest BCUT2D eigenvalue weighted by molar-refractivity contribution is -0.145. The molecule has 0 saturated carbocycles. The van der Waals surface area contributed by atoms with Gasteiger partial charge < -0.3 is 9.47 Å². The predicted octanol–water partition coefficient (Wildman–Crippen LogP) is 3.13. The van der Waals surface area contributed by atoms with Crippen LogP contribution in [0.1, 0.15) is 39.5 Å². The molecule has 0 saturated heterocycles. The van der Waals surface area contributed by atoms with Crippen LogP contribution in [-0.2, 0) is 9.47 Å². The summed E-state index contributed by atoms with van der Waals surface area (Å²) < 4.78 is 11.1. The molecule has 0 bridgehead atoms. The smallest absolute Gasteiger partial charge is 0.157 e. The van der Waals surface area contributed by atoms with Crippen molar-refractivity contribution in [1.82, 2.24) is 0 Å². The van der Waals surface area contributed by atoms with Crippen molar-refractivity contribution in [2.45, 2.75) is 45.8 Å². The van der Waals surface area contributed by atoms with Gasteiger partial charge in [-0.1, -0.05) is 19.9 Å². The van der Waals surface area contributed by atoms with Crippen LogP contribution >= 0.6 is 0 Å². The van der Waals surface area contributed by atoms with Gasteiger partial charge in [-0.3, -0.25) is 0 Å². The summed E-state index contributed by atoms with van der Waals surface area (Å²) in [6, 6.07) is 0. The van der Waals surface area contributed by atoms with Crippen LogP contribution in [0.25, 0.3) is 0 Å². The third-order valence-electron chi connectivity index (χ3n) is 1.62. The van der Waals surface area contributed by atoms with Crippen molar-refractivity contribution in [2.75, 3.05) is 13.2 Å². The zero-order valence-electron chi connectivity index (χ0n) is 8.92. The van der Waals surface area contributed by atoms with E-state index in [4.69, 9.17) is 9.47 Å². The van der Waals surface area contributed by atoms with Gasteiger partial charge in [0.25, 0.3) is 0 Å². The van der Waals surface area contributed by atoms with Gasteiger partial charge in [-0.05, 0) is 19.3 Å². The van der Waals surface area contributed by atoms with Crippen molar-refractivity contribution in [1.29, 1.82) is 0 Å². The van der Waals surface area contributed by atoms with Gasteiger partial charge in [0, 0.05) is 19.6 Å². The van der Waals surface area contributed by atoms with Crippen molar-refractivity contribution in [3.05, 3.63) is 12.7 Å². The Morgan fingerprint density at radius 3 is 2.08 bits per heavy atom. The lowest BCUT2D eigenvalue weighted by atomic mass is 10.3. The zero-order chi connectivity index (χ0) is 9.94. The standard InChI is InChI=1S/C11H22O2/c1-4-7-8-11(12-9-5-2)13-10-6-3/h4,11H,1,5-10H2,2-3H3. The van der Waals surface area contributed by atoms with Gasteiger partial charge in [0.15, 0.2) is 6.29 Å². The highest BCUT2D eigenvalue weighted by molar-refractivity contribution is 4.66. The molecular weight excluding hydrogens is 164 g/mol. The molecule has 0 aromatic heterocycles. The third-order valence-corrected chi connectivity index (χ3v) is 1.62. The summed E-state index contributed by atoms with van der Waals surface area (Å²) in [4.78, 5) is 0. The topological polar surface area (TPSA) is 18.5 Å². The number of hydrogen-bond donors (Lipinski definition) is 0. The van der Waals surface area contributed by atoms with E-state index in [9.17, 15) is 0 Å². The van der Waals surface area contributed by atoms with Gasteiger partial charge in [0.2, 0.25) is 0 Å². The van der Waals surface area contributed by atoms with E-state index in [0.717, 1.165) is 38.9 Å². The van der Waals surface area contributed by atoms with Crippen molar-refractivity contribution < 1.29 is 9.47 Å². The Morgan fingerprint density at radius 2 is 1.69 bits per heavy atom. The Bertz CT molecular complexity index is 105. The largest absolute Gasteiger partial charge is 0.353 e. The van der Waals surface area contributed by atoms with E-state index in [-0.39, 0.29) is 6.29 Å². The maximum Gasteiger partial charge on any atom is 0.157 e. The first-order valence-electron chi connectivity index (χ1n) is 5.19. The molecular formula is C11H22O2. The van der Waals surface area contributed by atoms with Gasteiger partial charge >= 0.3 is 0 Å². The summed E-state index contributed by atoms with van der Waals surface area (Å²) >= 11 is 0. The van der Waals surface area contributed by atoms with Crippen molar-refractivity contribution >= 4 is 0 Å². The molecule has 2 heteroatoms. The fourth-order valence-electron chi connectivity index (χ4n) is 0.967. The van der Waals surface area contributed by atoms with E-state index in [1.807, 2.05) is 6.08 Å². The number of hydrogen-bond acceptors (Lipinski definition) is 2. The average Bonchev–Trinajstić information content (AvgIpc) is 2.17. The highest BCUT2D eigenvalue weighted by Crippen LogP contribution is 2.06. The zero-order valence-corrected chi connectivity index (χ0v) is 8.92. The first kappa shape index (κ1) is 12.7.